The number of carbonyl (C=O) groups is 1. The van der Waals surface area contributed by atoms with E-state index < -0.39 is 0 Å². The van der Waals surface area contributed by atoms with E-state index in [4.69, 9.17) is 0 Å². The van der Waals surface area contributed by atoms with Crippen molar-refractivity contribution in [2.75, 3.05) is 11.1 Å². The molecule has 1 N–H and O–H groups in total. The first-order valence-electron chi connectivity index (χ1n) is 11.8. The van der Waals surface area contributed by atoms with Crippen LogP contribution in [0.2, 0.25) is 0 Å². The maximum Gasteiger partial charge on any atom is 0.262 e. The van der Waals surface area contributed by atoms with Gasteiger partial charge in [0, 0.05) is 18.8 Å². The van der Waals surface area contributed by atoms with Crippen molar-refractivity contribution in [2.45, 2.75) is 57.1 Å². The normalized spacial score (nSPS) is 14.5. The number of amides is 1. The molecule has 1 aliphatic carbocycles. The van der Waals surface area contributed by atoms with Crippen LogP contribution in [0.1, 0.15) is 55.0 Å². The number of nitrogens with zero attached hydrogens (tertiary/aromatic N) is 6. The van der Waals surface area contributed by atoms with Gasteiger partial charge in [0.1, 0.15) is 11.9 Å². The molecule has 0 atom stereocenters. The van der Waals surface area contributed by atoms with Crippen LogP contribution in [0.4, 0.5) is 5.82 Å². The smallest absolute Gasteiger partial charge is 0.262 e. The lowest BCUT2D eigenvalue weighted by Crippen LogP contribution is -2.22. The highest BCUT2D eigenvalue weighted by atomic mass is 32.2. The molecule has 10 heteroatoms. The second-order valence-corrected chi connectivity index (χ2v) is 9.99. The standard InChI is InChI=1S/C25H27N7O2S/c1-15-16(2)31(17-9-5-4-6-10-17)22(19(15)13-26)27-21(33)14-35-25-29-28-24-30(3)23(34)18-11-7-8-12-20(18)32(24)25/h7-8,11-12,17H,4-6,9-10,14H2,1-3H3,(H,27,33). The zero-order valence-electron chi connectivity index (χ0n) is 20.0. The second-order valence-electron chi connectivity index (χ2n) is 9.04. The summed E-state index contributed by atoms with van der Waals surface area (Å²) in [6.07, 6.45) is 5.64. The van der Waals surface area contributed by atoms with Gasteiger partial charge in [0.25, 0.3) is 5.56 Å². The third kappa shape index (κ3) is 3.90. The van der Waals surface area contributed by atoms with Crippen LogP contribution in [0.5, 0.6) is 0 Å². The van der Waals surface area contributed by atoms with Crippen molar-refractivity contribution in [2.24, 2.45) is 7.05 Å². The number of anilines is 1. The molecule has 9 nitrogen and oxygen atoms in total. The Kier molecular flexibility index (Phi) is 6.11. The van der Waals surface area contributed by atoms with Gasteiger partial charge in [-0.1, -0.05) is 43.2 Å². The van der Waals surface area contributed by atoms with Crippen LogP contribution >= 0.6 is 11.8 Å². The van der Waals surface area contributed by atoms with Crippen molar-refractivity contribution in [1.29, 1.82) is 5.26 Å². The fraction of sp³-hybridized carbons (Fsp3) is 0.400. The molecule has 0 unspecified atom stereocenters. The molecule has 1 aromatic carbocycles. The molecule has 35 heavy (non-hydrogen) atoms. The molecule has 1 saturated carbocycles. The molecular weight excluding hydrogens is 462 g/mol. The number of thioether (sulfide) groups is 1. The van der Waals surface area contributed by atoms with Crippen LogP contribution in [0.25, 0.3) is 16.7 Å². The van der Waals surface area contributed by atoms with Crippen molar-refractivity contribution in [3.05, 3.63) is 51.4 Å². The fourth-order valence-corrected chi connectivity index (χ4v) is 5.83. The number of hydrogen-bond donors (Lipinski definition) is 1. The van der Waals surface area contributed by atoms with Gasteiger partial charge in [0.15, 0.2) is 5.16 Å². The summed E-state index contributed by atoms with van der Waals surface area (Å²) in [5.41, 5.74) is 3.03. The molecule has 0 spiro atoms. The lowest BCUT2D eigenvalue weighted by Gasteiger charge is -2.27. The fourth-order valence-electron chi connectivity index (χ4n) is 5.09. The molecule has 0 bridgehead atoms. The van der Waals surface area contributed by atoms with Crippen LogP contribution < -0.4 is 10.9 Å². The molecule has 1 amide bonds. The summed E-state index contributed by atoms with van der Waals surface area (Å²) in [6, 6.07) is 9.88. The van der Waals surface area contributed by atoms with Gasteiger partial charge in [-0.2, -0.15) is 5.26 Å². The molecule has 180 valence electrons. The average molecular weight is 490 g/mol. The highest BCUT2D eigenvalue weighted by molar-refractivity contribution is 7.99. The number of aromatic nitrogens is 5. The Morgan fingerprint density at radius 1 is 1.20 bits per heavy atom. The molecule has 3 aromatic heterocycles. The topological polar surface area (TPSA) is 110 Å². The molecule has 3 heterocycles. The molecule has 5 rings (SSSR count). The van der Waals surface area contributed by atoms with Crippen molar-refractivity contribution < 1.29 is 4.79 Å². The van der Waals surface area contributed by atoms with E-state index in [1.54, 1.807) is 17.5 Å². The largest absolute Gasteiger partial charge is 0.327 e. The Balaban J connectivity index is 1.43. The highest BCUT2D eigenvalue weighted by Gasteiger charge is 2.26. The SMILES string of the molecule is Cc1c(C#N)c(NC(=O)CSc2nnc3n(C)c(=O)c4ccccc4n23)n(C2CCCCC2)c1C. The number of nitrogens with one attached hydrogen (secondary N) is 1. The summed E-state index contributed by atoms with van der Waals surface area (Å²) in [5, 5.41) is 22.4. The third-order valence-electron chi connectivity index (χ3n) is 6.99. The van der Waals surface area contributed by atoms with Gasteiger partial charge in [-0.05, 0) is 44.4 Å². The maximum atomic E-state index is 13.1. The minimum absolute atomic E-state index is 0.0940. The van der Waals surface area contributed by atoms with Crippen LogP contribution in [-0.4, -0.2) is 35.4 Å². The van der Waals surface area contributed by atoms with Gasteiger partial charge in [-0.25, -0.2) is 0 Å². The molecule has 0 radical (unpaired) electrons. The lowest BCUT2D eigenvalue weighted by atomic mass is 9.95. The molecule has 0 saturated heterocycles. The Morgan fingerprint density at radius 3 is 2.69 bits per heavy atom. The zero-order valence-corrected chi connectivity index (χ0v) is 20.9. The van der Waals surface area contributed by atoms with Crippen molar-refractivity contribution >= 4 is 40.2 Å². The molecule has 1 fully saturated rings. The third-order valence-corrected chi connectivity index (χ3v) is 7.92. The Hall–Kier alpha value is -3.58. The van der Waals surface area contributed by atoms with Crippen LogP contribution in [-0.2, 0) is 11.8 Å². The summed E-state index contributed by atoms with van der Waals surface area (Å²) in [4.78, 5) is 25.7. The van der Waals surface area contributed by atoms with E-state index in [0.717, 1.165) is 36.9 Å². The van der Waals surface area contributed by atoms with E-state index in [1.165, 1.54) is 22.7 Å². The predicted molar refractivity (Wildman–Crippen MR) is 136 cm³/mol. The zero-order chi connectivity index (χ0) is 24.7. The van der Waals surface area contributed by atoms with E-state index in [1.807, 2.05) is 32.0 Å². The van der Waals surface area contributed by atoms with Crippen molar-refractivity contribution in [1.82, 2.24) is 23.7 Å². The van der Waals surface area contributed by atoms with Crippen LogP contribution in [0.15, 0.2) is 34.2 Å². The van der Waals surface area contributed by atoms with E-state index in [2.05, 4.69) is 26.2 Å². The van der Waals surface area contributed by atoms with Crippen LogP contribution in [0.3, 0.4) is 0 Å². The Morgan fingerprint density at radius 2 is 1.94 bits per heavy atom. The van der Waals surface area contributed by atoms with E-state index >= 15 is 0 Å². The minimum Gasteiger partial charge on any atom is -0.327 e. The number of fused-ring (bicyclic) bond motifs is 3. The Bertz CT molecular complexity index is 1550. The van der Waals surface area contributed by atoms with Gasteiger partial charge in [0.05, 0.1) is 22.2 Å². The summed E-state index contributed by atoms with van der Waals surface area (Å²) in [5.74, 6) is 0.892. The highest BCUT2D eigenvalue weighted by Crippen LogP contribution is 2.37. The first-order valence-corrected chi connectivity index (χ1v) is 12.8. The number of nitriles is 1. The van der Waals surface area contributed by atoms with E-state index in [-0.39, 0.29) is 17.2 Å². The first-order chi connectivity index (χ1) is 16.9. The van der Waals surface area contributed by atoms with E-state index in [0.29, 0.717) is 39.3 Å². The van der Waals surface area contributed by atoms with Gasteiger partial charge >= 0.3 is 0 Å². The van der Waals surface area contributed by atoms with Gasteiger partial charge in [-0.3, -0.25) is 18.6 Å². The van der Waals surface area contributed by atoms with Crippen LogP contribution in [0, 0.1) is 25.2 Å². The quantitative estimate of drug-likeness (QED) is 0.423. The average Bonchev–Trinajstić information content (AvgIpc) is 3.40. The van der Waals surface area contributed by atoms with Crippen molar-refractivity contribution in [3.8, 4) is 6.07 Å². The van der Waals surface area contributed by atoms with Gasteiger partial charge < -0.3 is 9.88 Å². The molecule has 4 aromatic rings. The molecule has 0 aliphatic heterocycles. The number of aryl methyl sites for hydroxylation is 1. The van der Waals surface area contributed by atoms with Gasteiger partial charge in [0.2, 0.25) is 11.7 Å². The summed E-state index contributed by atoms with van der Waals surface area (Å²) in [6.45, 7) is 3.96. The van der Waals surface area contributed by atoms with E-state index in [9.17, 15) is 14.9 Å². The molecule has 1 aliphatic rings. The Labute approximate surface area is 206 Å². The minimum atomic E-state index is -0.216. The summed E-state index contributed by atoms with van der Waals surface area (Å²) in [7, 11) is 1.66. The summed E-state index contributed by atoms with van der Waals surface area (Å²) >= 11 is 1.25. The number of hydrogen-bond acceptors (Lipinski definition) is 6. The summed E-state index contributed by atoms with van der Waals surface area (Å²) < 4.78 is 5.42. The second kappa shape index (κ2) is 9.23. The van der Waals surface area contributed by atoms with Gasteiger partial charge in [-0.15, -0.1) is 10.2 Å². The molecular formula is C25H27N7O2S. The first kappa shape index (κ1) is 23.2. The lowest BCUT2D eigenvalue weighted by molar-refractivity contribution is -0.113. The number of benzene rings is 1. The predicted octanol–water partition coefficient (Wildman–Crippen LogP) is 4.11. The van der Waals surface area contributed by atoms with Crippen molar-refractivity contribution in [3.63, 3.8) is 0 Å². The monoisotopic (exact) mass is 489 g/mol. The number of para-hydroxylation sites is 1. The number of rotatable bonds is 5. The number of carbonyl (C=O) groups excluding carboxylic acids is 1. The maximum absolute atomic E-state index is 13.1.